The number of amides is 1. The van der Waals surface area contributed by atoms with Gasteiger partial charge in [-0.2, -0.15) is 0 Å². The summed E-state index contributed by atoms with van der Waals surface area (Å²) in [5, 5.41) is 3.07. The Balaban J connectivity index is 1.90. The van der Waals surface area contributed by atoms with E-state index < -0.39 is 0 Å². The van der Waals surface area contributed by atoms with Gasteiger partial charge < -0.3 is 14.8 Å². The van der Waals surface area contributed by atoms with Crippen molar-refractivity contribution in [3.8, 4) is 11.5 Å². The van der Waals surface area contributed by atoms with Crippen LogP contribution in [-0.4, -0.2) is 51.2 Å². The Bertz CT molecular complexity index is 519. The minimum Gasteiger partial charge on any atom is -0.493 e. The molecular weight excluding hydrogens is 292 g/mol. The van der Waals surface area contributed by atoms with Gasteiger partial charge in [-0.15, -0.1) is 0 Å². The van der Waals surface area contributed by atoms with Crippen LogP contribution in [0.25, 0.3) is 0 Å². The number of rotatable bonds is 6. The number of nitrogens with zero attached hydrogens (tertiary/aromatic N) is 1. The van der Waals surface area contributed by atoms with Crippen molar-refractivity contribution in [3.63, 3.8) is 0 Å². The van der Waals surface area contributed by atoms with Crippen LogP contribution in [0.3, 0.4) is 0 Å². The Morgan fingerprint density at radius 1 is 1.26 bits per heavy atom. The van der Waals surface area contributed by atoms with Crippen molar-refractivity contribution in [3.05, 3.63) is 23.8 Å². The molecule has 1 saturated heterocycles. The molecule has 1 aromatic rings. The van der Waals surface area contributed by atoms with Crippen LogP contribution in [0, 0.1) is 0 Å². The zero-order valence-electron chi connectivity index (χ0n) is 14.4. The van der Waals surface area contributed by atoms with Crippen LogP contribution in [0.2, 0.25) is 0 Å². The molecule has 0 radical (unpaired) electrons. The number of nitrogens with one attached hydrogen (secondary N) is 1. The summed E-state index contributed by atoms with van der Waals surface area (Å²) in [4.78, 5) is 14.6. The van der Waals surface area contributed by atoms with Gasteiger partial charge in [-0.25, -0.2) is 0 Å². The van der Waals surface area contributed by atoms with E-state index in [0.29, 0.717) is 6.54 Å². The number of para-hydroxylation sites is 1. The summed E-state index contributed by atoms with van der Waals surface area (Å²) in [7, 11) is 5.31. The maximum Gasteiger partial charge on any atom is 0.237 e. The summed E-state index contributed by atoms with van der Waals surface area (Å²) in [6, 6.07) is 5.83. The monoisotopic (exact) mass is 320 g/mol. The molecule has 1 atom stereocenters. The predicted octanol–water partition coefficient (Wildman–Crippen LogP) is 2.24. The maximum atomic E-state index is 12.4. The van der Waals surface area contributed by atoms with Gasteiger partial charge in [-0.05, 0) is 44.5 Å². The molecule has 0 saturated carbocycles. The first-order valence-corrected chi connectivity index (χ1v) is 8.35. The average Bonchev–Trinajstić information content (AvgIpc) is 2.78. The summed E-state index contributed by atoms with van der Waals surface area (Å²) in [5.74, 6) is 1.60. The molecule has 5 nitrogen and oxygen atoms in total. The fraction of sp³-hybridized carbons (Fsp3) is 0.611. The van der Waals surface area contributed by atoms with Crippen LogP contribution in [0.4, 0.5) is 0 Å². The first-order valence-electron chi connectivity index (χ1n) is 8.35. The first-order chi connectivity index (χ1) is 11.2. The van der Waals surface area contributed by atoms with Crippen molar-refractivity contribution in [2.75, 3.05) is 34.4 Å². The number of ether oxygens (including phenoxy) is 2. The summed E-state index contributed by atoms with van der Waals surface area (Å²) in [5.41, 5.74) is 1.04. The molecule has 128 valence electrons. The van der Waals surface area contributed by atoms with E-state index in [1.807, 2.05) is 25.2 Å². The van der Waals surface area contributed by atoms with Gasteiger partial charge in [0.25, 0.3) is 0 Å². The zero-order chi connectivity index (χ0) is 16.7. The zero-order valence-corrected chi connectivity index (χ0v) is 14.4. The Hall–Kier alpha value is -1.75. The molecule has 0 aromatic heterocycles. The standard InChI is InChI=1S/C18H28N2O3/c1-20-13-6-4-5-9-15(20)18(21)19-12-11-14-8-7-10-16(22-2)17(14)23-3/h7-8,10,15H,4-6,9,11-13H2,1-3H3,(H,19,21)/t15-/m1/s1. The number of carbonyl (C=O) groups excluding carboxylic acids is 1. The van der Waals surface area contributed by atoms with E-state index in [0.717, 1.165) is 42.9 Å². The second-order valence-corrected chi connectivity index (χ2v) is 6.04. The molecule has 23 heavy (non-hydrogen) atoms. The summed E-state index contributed by atoms with van der Waals surface area (Å²) >= 11 is 0. The topological polar surface area (TPSA) is 50.8 Å². The van der Waals surface area contributed by atoms with Gasteiger partial charge in [0, 0.05) is 6.54 Å². The highest BCUT2D eigenvalue weighted by atomic mass is 16.5. The van der Waals surface area contributed by atoms with Crippen LogP contribution < -0.4 is 14.8 Å². The highest BCUT2D eigenvalue weighted by molar-refractivity contribution is 5.81. The molecule has 1 aliphatic rings. The van der Waals surface area contributed by atoms with Crippen molar-refractivity contribution in [2.24, 2.45) is 0 Å². The van der Waals surface area contributed by atoms with Crippen LogP contribution in [-0.2, 0) is 11.2 Å². The molecule has 0 unspecified atom stereocenters. The smallest absolute Gasteiger partial charge is 0.237 e. The highest BCUT2D eigenvalue weighted by Crippen LogP contribution is 2.30. The second-order valence-electron chi connectivity index (χ2n) is 6.04. The number of hydrogen-bond acceptors (Lipinski definition) is 4. The minimum absolute atomic E-state index is 0.00436. The molecule has 1 aromatic carbocycles. The number of carbonyl (C=O) groups is 1. The van der Waals surface area contributed by atoms with E-state index in [4.69, 9.17) is 9.47 Å². The lowest BCUT2D eigenvalue weighted by molar-refractivity contribution is -0.126. The largest absolute Gasteiger partial charge is 0.493 e. The molecule has 0 bridgehead atoms. The fourth-order valence-electron chi connectivity index (χ4n) is 3.17. The number of likely N-dealkylation sites (N-methyl/N-ethyl adjacent to an activating group) is 1. The summed E-state index contributed by atoms with van der Waals surface area (Å²) in [6.07, 6.45) is 5.20. The van der Waals surface area contributed by atoms with E-state index >= 15 is 0 Å². The SMILES string of the molecule is COc1cccc(CCNC(=O)[C@H]2CCCCCN2C)c1OC. The van der Waals surface area contributed by atoms with E-state index in [9.17, 15) is 4.79 Å². The normalized spacial score (nSPS) is 19.0. The lowest BCUT2D eigenvalue weighted by Gasteiger charge is -2.24. The lowest BCUT2D eigenvalue weighted by atomic mass is 10.1. The van der Waals surface area contributed by atoms with E-state index in [1.165, 1.54) is 12.8 Å². The predicted molar refractivity (Wildman–Crippen MR) is 91.1 cm³/mol. The van der Waals surface area contributed by atoms with Gasteiger partial charge in [0.2, 0.25) is 5.91 Å². The van der Waals surface area contributed by atoms with Gasteiger partial charge in [0.15, 0.2) is 11.5 Å². The molecule has 2 rings (SSSR count). The van der Waals surface area contributed by atoms with Crippen molar-refractivity contribution < 1.29 is 14.3 Å². The van der Waals surface area contributed by atoms with Crippen LogP contribution in [0.15, 0.2) is 18.2 Å². The van der Waals surface area contributed by atoms with Crippen molar-refractivity contribution in [1.82, 2.24) is 10.2 Å². The van der Waals surface area contributed by atoms with E-state index in [-0.39, 0.29) is 11.9 Å². The minimum atomic E-state index is 0.00436. The third-order valence-electron chi connectivity index (χ3n) is 4.50. The third-order valence-corrected chi connectivity index (χ3v) is 4.50. The number of methoxy groups -OCH3 is 2. The lowest BCUT2D eigenvalue weighted by Crippen LogP contribution is -2.45. The molecule has 1 aliphatic heterocycles. The van der Waals surface area contributed by atoms with Crippen molar-refractivity contribution in [1.29, 1.82) is 0 Å². The fourth-order valence-corrected chi connectivity index (χ4v) is 3.17. The van der Waals surface area contributed by atoms with Gasteiger partial charge in [0.1, 0.15) is 0 Å². The van der Waals surface area contributed by atoms with E-state index in [1.54, 1.807) is 14.2 Å². The number of benzene rings is 1. The molecule has 0 spiro atoms. The van der Waals surface area contributed by atoms with Crippen LogP contribution >= 0.6 is 0 Å². The molecule has 0 aliphatic carbocycles. The Labute approximate surface area is 139 Å². The van der Waals surface area contributed by atoms with E-state index in [2.05, 4.69) is 10.2 Å². The van der Waals surface area contributed by atoms with Gasteiger partial charge >= 0.3 is 0 Å². The number of likely N-dealkylation sites (tertiary alicyclic amines) is 1. The third kappa shape index (κ3) is 4.61. The van der Waals surface area contributed by atoms with Gasteiger partial charge in [0.05, 0.1) is 20.3 Å². The van der Waals surface area contributed by atoms with Crippen molar-refractivity contribution >= 4 is 5.91 Å². The molecule has 1 heterocycles. The van der Waals surface area contributed by atoms with Crippen LogP contribution in [0.1, 0.15) is 31.2 Å². The first kappa shape index (κ1) is 17.6. The Morgan fingerprint density at radius 3 is 2.83 bits per heavy atom. The quantitative estimate of drug-likeness (QED) is 0.873. The maximum absolute atomic E-state index is 12.4. The second kappa shape index (κ2) is 8.77. The molecule has 1 N–H and O–H groups in total. The molecule has 1 amide bonds. The summed E-state index contributed by atoms with van der Waals surface area (Å²) < 4.78 is 10.7. The Morgan fingerprint density at radius 2 is 2.09 bits per heavy atom. The number of hydrogen-bond donors (Lipinski definition) is 1. The average molecular weight is 320 g/mol. The van der Waals surface area contributed by atoms with Gasteiger partial charge in [-0.1, -0.05) is 25.0 Å². The molecular formula is C18H28N2O3. The Kier molecular flexibility index (Phi) is 6.71. The molecule has 1 fully saturated rings. The molecule has 5 heteroatoms. The van der Waals surface area contributed by atoms with Gasteiger partial charge in [-0.3, -0.25) is 9.69 Å². The van der Waals surface area contributed by atoms with Crippen molar-refractivity contribution in [2.45, 2.75) is 38.1 Å². The highest BCUT2D eigenvalue weighted by Gasteiger charge is 2.24. The summed E-state index contributed by atoms with van der Waals surface area (Å²) in [6.45, 7) is 1.61. The van der Waals surface area contributed by atoms with Crippen LogP contribution in [0.5, 0.6) is 11.5 Å².